The van der Waals surface area contributed by atoms with Gasteiger partial charge in [-0.2, -0.15) is 0 Å². The Morgan fingerprint density at radius 1 is 1.14 bits per heavy atom. The van der Waals surface area contributed by atoms with Gasteiger partial charge in [0.2, 0.25) is 0 Å². The summed E-state index contributed by atoms with van der Waals surface area (Å²) in [5.74, 6) is 0.806. The minimum atomic E-state index is 0.554. The monoisotopic (exact) mass is 187 g/mol. The number of hydrogen-bond acceptors (Lipinski definition) is 1. The molecule has 1 saturated carbocycles. The third-order valence-corrected chi connectivity index (χ3v) is 3.75. The second kappa shape index (κ2) is 3.09. The molecule has 0 aromatic heterocycles. The van der Waals surface area contributed by atoms with Crippen LogP contribution in [0.15, 0.2) is 30.3 Å². The number of rotatable bonds is 1. The summed E-state index contributed by atoms with van der Waals surface area (Å²) in [7, 11) is 0. The van der Waals surface area contributed by atoms with Crippen molar-refractivity contribution >= 4 is 0 Å². The molecule has 1 aliphatic heterocycles. The summed E-state index contributed by atoms with van der Waals surface area (Å²) in [6.45, 7) is 1.21. The van der Waals surface area contributed by atoms with Crippen molar-refractivity contribution in [2.75, 3.05) is 6.54 Å². The Labute approximate surface area is 85.5 Å². The van der Waals surface area contributed by atoms with Crippen LogP contribution in [0.4, 0.5) is 0 Å². The average molecular weight is 187 g/mol. The van der Waals surface area contributed by atoms with E-state index < -0.39 is 0 Å². The quantitative estimate of drug-likeness (QED) is 0.712. The first-order chi connectivity index (χ1) is 6.88. The molecule has 1 spiro atoms. The van der Waals surface area contributed by atoms with Gasteiger partial charge >= 0.3 is 0 Å². The van der Waals surface area contributed by atoms with Gasteiger partial charge in [0.1, 0.15) is 0 Å². The lowest BCUT2D eigenvalue weighted by molar-refractivity contribution is 0.346. The van der Waals surface area contributed by atoms with Crippen LogP contribution in [-0.4, -0.2) is 12.1 Å². The van der Waals surface area contributed by atoms with Crippen LogP contribution in [0.25, 0.3) is 0 Å². The molecule has 0 amide bonds. The maximum absolute atomic E-state index is 3.67. The van der Waals surface area contributed by atoms with E-state index in [0.29, 0.717) is 5.54 Å². The normalized spacial score (nSPS) is 29.0. The molecule has 74 valence electrons. The summed E-state index contributed by atoms with van der Waals surface area (Å²) >= 11 is 0. The van der Waals surface area contributed by atoms with Crippen molar-refractivity contribution in [3.05, 3.63) is 35.9 Å². The van der Waals surface area contributed by atoms with E-state index in [2.05, 4.69) is 35.6 Å². The molecule has 1 saturated heterocycles. The molecule has 1 nitrogen and oxygen atoms in total. The molecule has 1 aromatic rings. The molecule has 1 heterocycles. The summed E-state index contributed by atoms with van der Waals surface area (Å²) in [5.41, 5.74) is 2.10. The molecule has 3 rings (SSSR count). The number of piperidine rings is 1. The Bertz CT molecular complexity index is 313. The highest BCUT2D eigenvalue weighted by Crippen LogP contribution is 2.46. The fourth-order valence-corrected chi connectivity index (χ4v) is 2.70. The van der Waals surface area contributed by atoms with Crippen molar-refractivity contribution < 1.29 is 0 Å². The molecule has 14 heavy (non-hydrogen) atoms. The Kier molecular flexibility index (Phi) is 1.88. The SMILES string of the molecule is c1ccc(C2CCNC3(CC3)C2)cc1. The summed E-state index contributed by atoms with van der Waals surface area (Å²) in [5, 5.41) is 3.67. The zero-order chi connectivity index (χ0) is 9.43. The van der Waals surface area contributed by atoms with Crippen LogP contribution < -0.4 is 5.32 Å². The lowest BCUT2D eigenvalue weighted by Crippen LogP contribution is -2.39. The second-order valence-electron chi connectivity index (χ2n) is 4.81. The van der Waals surface area contributed by atoms with Crippen molar-refractivity contribution in [3.63, 3.8) is 0 Å². The third kappa shape index (κ3) is 1.46. The van der Waals surface area contributed by atoms with Crippen LogP contribution in [0.1, 0.15) is 37.2 Å². The molecule has 0 radical (unpaired) electrons. The Hall–Kier alpha value is -0.820. The topological polar surface area (TPSA) is 12.0 Å². The predicted octanol–water partition coefficient (Wildman–Crippen LogP) is 2.69. The zero-order valence-corrected chi connectivity index (χ0v) is 8.50. The van der Waals surface area contributed by atoms with E-state index in [1.54, 1.807) is 5.56 Å². The molecular formula is C13H17N. The third-order valence-electron chi connectivity index (χ3n) is 3.75. The van der Waals surface area contributed by atoms with Crippen LogP contribution >= 0.6 is 0 Å². The van der Waals surface area contributed by atoms with E-state index in [1.807, 2.05) is 0 Å². The smallest absolute Gasteiger partial charge is 0.0188 e. The van der Waals surface area contributed by atoms with Gasteiger partial charge in [0.25, 0.3) is 0 Å². The minimum absolute atomic E-state index is 0.554. The summed E-state index contributed by atoms with van der Waals surface area (Å²) < 4.78 is 0. The van der Waals surface area contributed by atoms with E-state index >= 15 is 0 Å². The van der Waals surface area contributed by atoms with E-state index in [4.69, 9.17) is 0 Å². The second-order valence-corrected chi connectivity index (χ2v) is 4.81. The van der Waals surface area contributed by atoms with Crippen LogP contribution in [0.5, 0.6) is 0 Å². The first-order valence-corrected chi connectivity index (χ1v) is 5.68. The average Bonchev–Trinajstić information content (AvgIpc) is 2.99. The maximum atomic E-state index is 3.67. The van der Waals surface area contributed by atoms with Gasteiger partial charge in [0.05, 0.1) is 0 Å². The molecule has 1 N–H and O–H groups in total. The molecule has 0 bridgehead atoms. The van der Waals surface area contributed by atoms with E-state index in [0.717, 1.165) is 5.92 Å². The molecule has 1 atom stereocenters. The van der Waals surface area contributed by atoms with E-state index in [-0.39, 0.29) is 0 Å². The molecule has 1 heteroatoms. The highest BCUT2D eigenvalue weighted by atomic mass is 15.0. The van der Waals surface area contributed by atoms with Gasteiger partial charge in [0, 0.05) is 5.54 Å². The molecule has 2 fully saturated rings. The standard InChI is InChI=1S/C13H17N/c1-2-4-11(5-3-1)12-6-9-14-13(10-12)7-8-13/h1-5,12,14H,6-10H2. The Balaban J connectivity index is 1.79. The van der Waals surface area contributed by atoms with Gasteiger partial charge < -0.3 is 5.32 Å². The highest BCUT2D eigenvalue weighted by Gasteiger charge is 2.45. The Morgan fingerprint density at radius 3 is 2.64 bits per heavy atom. The molecule has 1 aliphatic carbocycles. The van der Waals surface area contributed by atoms with E-state index in [9.17, 15) is 0 Å². The van der Waals surface area contributed by atoms with Crippen molar-refractivity contribution in [2.24, 2.45) is 0 Å². The van der Waals surface area contributed by atoms with Gasteiger partial charge in [-0.05, 0) is 43.7 Å². The Morgan fingerprint density at radius 2 is 1.93 bits per heavy atom. The van der Waals surface area contributed by atoms with Gasteiger partial charge in [0.15, 0.2) is 0 Å². The first-order valence-electron chi connectivity index (χ1n) is 5.68. The van der Waals surface area contributed by atoms with Gasteiger partial charge in [-0.1, -0.05) is 30.3 Å². The number of hydrogen-bond donors (Lipinski definition) is 1. The maximum Gasteiger partial charge on any atom is 0.0188 e. The number of nitrogens with one attached hydrogen (secondary N) is 1. The van der Waals surface area contributed by atoms with Crippen LogP contribution in [0.2, 0.25) is 0 Å². The minimum Gasteiger partial charge on any atom is -0.311 e. The largest absolute Gasteiger partial charge is 0.311 e. The summed E-state index contributed by atoms with van der Waals surface area (Å²) in [4.78, 5) is 0. The van der Waals surface area contributed by atoms with Gasteiger partial charge in [-0.15, -0.1) is 0 Å². The van der Waals surface area contributed by atoms with Crippen molar-refractivity contribution in [2.45, 2.75) is 37.1 Å². The summed E-state index contributed by atoms with van der Waals surface area (Å²) in [6, 6.07) is 11.0. The van der Waals surface area contributed by atoms with Crippen LogP contribution in [-0.2, 0) is 0 Å². The molecular weight excluding hydrogens is 170 g/mol. The number of benzene rings is 1. The lowest BCUT2D eigenvalue weighted by Gasteiger charge is -2.30. The van der Waals surface area contributed by atoms with Crippen molar-refractivity contribution in [1.82, 2.24) is 5.32 Å². The highest BCUT2D eigenvalue weighted by molar-refractivity contribution is 5.23. The zero-order valence-electron chi connectivity index (χ0n) is 8.50. The molecule has 1 aromatic carbocycles. The fourth-order valence-electron chi connectivity index (χ4n) is 2.70. The molecule has 1 unspecified atom stereocenters. The fraction of sp³-hybridized carbons (Fsp3) is 0.538. The van der Waals surface area contributed by atoms with Gasteiger partial charge in [-0.3, -0.25) is 0 Å². The summed E-state index contributed by atoms with van der Waals surface area (Å²) in [6.07, 6.45) is 5.47. The lowest BCUT2D eigenvalue weighted by atomic mass is 9.85. The van der Waals surface area contributed by atoms with Crippen LogP contribution in [0, 0.1) is 0 Å². The van der Waals surface area contributed by atoms with Crippen molar-refractivity contribution in [3.8, 4) is 0 Å². The van der Waals surface area contributed by atoms with Crippen molar-refractivity contribution in [1.29, 1.82) is 0 Å². The molecule has 2 aliphatic rings. The predicted molar refractivity (Wildman–Crippen MR) is 58.4 cm³/mol. The van der Waals surface area contributed by atoms with E-state index in [1.165, 1.54) is 32.2 Å². The first kappa shape index (κ1) is 8.49. The van der Waals surface area contributed by atoms with Gasteiger partial charge in [-0.25, -0.2) is 0 Å². The van der Waals surface area contributed by atoms with Crippen LogP contribution in [0.3, 0.4) is 0 Å².